The number of methoxy groups -OCH3 is 1. The van der Waals surface area contributed by atoms with Crippen LogP contribution in [0.2, 0.25) is 0 Å². The van der Waals surface area contributed by atoms with Crippen LogP contribution in [0.5, 0.6) is 5.75 Å². The maximum atomic E-state index is 13.7. The van der Waals surface area contributed by atoms with Crippen LogP contribution < -0.4 is 4.74 Å². The second-order valence-corrected chi connectivity index (χ2v) is 5.41. The fraction of sp³-hybridized carbons (Fsp3) is 0.211. The summed E-state index contributed by atoms with van der Waals surface area (Å²) in [7, 11) is 3.11. The van der Waals surface area contributed by atoms with Crippen molar-refractivity contribution in [3.63, 3.8) is 0 Å². The van der Waals surface area contributed by atoms with Crippen molar-refractivity contribution < 1.29 is 13.9 Å². The molecule has 2 aromatic carbocycles. The zero-order chi connectivity index (χ0) is 16.8. The van der Waals surface area contributed by atoms with E-state index in [4.69, 9.17) is 4.74 Å². The predicted molar refractivity (Wildman–Crippen MR) is 89.6 cm³/mol. The van der Waals surface area contributed by atoms with E-state index in [2.05, 4.69) is 0 Å². The number of nitrogens with zero attached hydrogens (tertiary/aromatic N) is 1. The third-order valence-corrected chi connectivity index (χ3v) is 3.47. The molecule has 2 rings (SSSR count). The Morgan fingerprint density at radius 1 is 1.26 bits per heavy atom. The van der Waals surface area contributed by atoms with E-state index in [1.807, 2.05) is 31.2 Å². The highest BCUT2D eigenvalue weighted by Gasteiger charge is 2.08. The number of ether oxygens (including phenoxy) is 1. The van der Waals surface area contributed by atoms with Gasteiger partial charge in [-0.3, -0.25) is 4.79 Å². The molecule has 0 aliphatic rings. The van der Waals surface area contributed by atoms with Crippen molar-refractivity contribution >= 4 is 12.0 Å². The van der Waals surface area contributed by atoms with Gasteiger partial charge in [-0.2, -0.15) is 0 Å². The summed E-state index contributed by atoms with van der Waals surface area (Å²) in [5, 5.41) is 0. The summed E-state index contributed by atoms with van der Waals surface area (Å²) in [6.45, 7) is 2.33. The summed E-state index contributed by atoms with van der Waals surface area (Å²) < 4.78 is 18.5. The summed E-state index contributed by atoms with van der Waals surface area (Å²) in [5.74, 6) is -0.369. The summed E-state index contributed by atoms with van der Waals surface area (Å²) in [6.07, 6.45) is 3.30. The van der Waals surface area contributed by atoms with Crippen LogP contribution in [0.1, 0.15) is 16.7 Å². The maximum Gasteiger partial charge on any atom is 0.246 e. The number of hydrogen-bond acceptors (Lipinski definition) is 2. The first-order valence-electron chi connectivity index (χ1n) is 7.32. The van der Waals surface area contributed by atoms with Crippen LogP contribution in [-0.4, -0.2) is 25.0 Å². The molecule has 3 nitrogen and oxygen atoms in total. The number of halogens is 1. The molecule has 0 spiro atoms. The number of likely N-dealkylation sites (N-methyl/N-ethyl adjacent to an activating group) is 1. The number of amides is 1. The molecule has 1 amide bonds. The lowest BCUT2D eigenvalue weighted by Gasteiger charge is -2.15. The molecule has 2 aromatic rings. The van der Waals surface area contributed by atoms with Gasteiger partial charge < -0.3 is 9.64 Å². The minimum Gasteiger partial charge on any atom is -0.494 e. The van der Waals surface area contributed by atoms with Crippen molar-refractivity contribution in [1.82, 2.24) is 4.90 Å². The highest BCUT2D eigenvalue weighted by molar-refractivity contribution is 5.91. The molecule has 0 unspecified atom stereocenters. The van der Waals surface area contributed by atoms with Gasteiger partial charge in [0.05, 0.1) is 7.11 Å². The summed E-state index contributed by atoms with van der Waals surface area (Å²) in [5.41, 5.74) is 2.83. The zero-order valence-corrected chi connectivity index (χ0v) is 13.5. The molecular formula is C19H20FNO2. The minimum atomic E-state index is -0.429. The monoisotopic (exact) mass is 313 g/mol. The normalized spacial score (nSPS) is 10.8. The van der Waals surface area contributed by atoms with Crippen LogP contribution in [-0.2, 0) is 11.3 Å². The van der Waals surface area contributed by atoms with Gasteiger partial charge >= 0.3 is 0 Å². The van der Waals surface area contributed by atoms with Gasteiger partial charge in [-0.15, -0.1) is 0 Å². The number of benzene rings is 2. The van der Waals surface area contributed by atoms with Crippen LogP contribution in [0.15, 0.2) is 48.5 Å². The van der Waals surface area contributed by atoms with Crippen molar-refractivity contribution in [3.05, 3.63) is 71.0 Å². The Labute approximate surface area is 136 Å². The topological polar surface area (TPSA) is 29.5 Å². The van der Waals surface area contributed by atoms with Gasteiger partial charge in [0.25, 0.3) is 0 Å². The maximum absolute atomic E-state index is 13.7. The van der Waals surface area contributed by atoms with Crippen LogP contribution in [0.25, 0.3) is 6.08 Å². The first-order chi connectivity index (χ1) is 11.0. The number of rotatable bonds is 5. The smallest absolute Gasteiger partial charge is 0.246 e. The molecule has 0 aliphatic heterocycles. The fourth-order valence-electron chi connectivity index (χ4n) is 2.23. The second-order valence-electron chi connectivity index (χ2n) is 5.41. The average Bonchev–Trinajstić information content (AvgIpc) is 2.53. The largest absolute Gasteiger partial charge is 0.494 e. The molecule has 0 aromatic heterocycles. The molecular weight excluding hydrogens is 293 g/mol. The van der Waals surface area contributed by atoms with E-state index < -0.39 is 5.82 Å². The highest BCUT2D eigenvalue weighted by atomic mass is 19.1. The van der Waals surface area contributed by atoms with Gasteiger partial charge in [0.15, 0.2) is 11.6 Å². The summed E-state index contributed by atoms with van der Waals surface area (Å²) in [6, 6.07) is 12.6. The molecule has 0 saturated carbocycles. The molecule has 0 radical (unpaired) electrons. The lowest BCUT2D eigenvalue weighted by atomic mass is 10.1. The Kier molecular flexibility index (Phi) is 5.52. The van der Waals surface area contributed by atoms with E-state index in [9.17, 15) is 9.18 Å². The Morgan fingerprint density at radius 2 is 2.04 bits per heavy atom. The van der Waals surface area contributed by atoms with Crippen molar-refractivity contribution in [3.8, 4) is 5.75 Å². The number of carbonyl (C=O) groups is 1. The first-order valence-corrected chi connectivity index (χ1v) is 7.32. The van der Waals surface area contributed by atoms with Crippen molar-refractivity contribution in [1.29, 1.82) is 0 Å². The van der Waals surface area contributed by atoms with Crippen LogP contribution >= 0.6 is 0 Å². The first kappa shape index (κ1) is 16.7. The molecule has 0 bridgehead atoms. The molecule has 4 heteroatoms. The summed E-state index contributed by atoms with van der Waals surface area (Å²) in [4.78, 5) is 13.7. The number of hydrogen-bond donors (Lipinski definition) is 0. The van der Waals surface area contributed by atoms with Gasteiger partial charge in [-0.25, -0.2) is 4.39 Å². The van der Waals surface area contributed by atoms with Gasteiger partial charge in [0, 0.05) is 19.7 Å². The predicted octanol–water partition coefficient (Wildman–Crippen LogP) is 3.81. The highest BCUT2D eigenvalue weighted by Crippen LogP contribution is 2.18. The Bertz CT molecular complexity index is 725. The zero-order valence-electron chi connectivity index (χ0n) is 13.5. The number of aryl methyl sites for hydroxylation is 1. The average molecular weight is 313 g/mol. The van der Waals surface area contributed by atoms with E-state index >= 15 is 0 Å². The van der Waals surface area contributed by atoms with Gasteiger partial charge in [-0.05, 0) is 36.3 Å². The van der Waals surface area contributed by atoms with Crippen LogP contribution in [0.3, 0.4) is 0 Å². The van der Waals surface area contributed by atoms with E-state index in [1.165, 1.54) is 24.2 Å². The fourth-order valence-corrected chi connectivity index (χ4v) is 2.23. The molecule has 120 valence electrons. The lowest BCUT2D eigenvalue weighted by Crippen LogP contribution is -2.24. The van der Waals surface area contributed by atoms with Crippen LogP contribution in [0.4, 0.5) is 4.39 Å². The van der Waals surface area contributed by atoms with Crippen molar-refractivity contribution in [2.24, 2.45) is 0 Å². The van der Waals surface area contributed by atoms with Crippen LogP contribution in [0, 0.1) is 12.7 Å². The Morgan fingerprint density at radius 3 is 2.70 bits per heavy atom. The summed E-state index contributed by atoms with van der Waals surface area (Å²) >= 11 is 0. The third kappa shape index (κ3) is 4.68. The third-order valence-electron chi connectivity index (χ3n) is 3.47. The molecule has 0 atom stereocenters. The Hall–Kier alpha value is -2.62. The molecule has 0 fully saturated rings. The van der Waals surface area contributed by atoms with Gasteiger partial charge in [0.2, 0.25) is 5.91 Å². The van der Waals surface area contributed by atoms with Gasteiger partial charge in [-0.1, -0.05) is 35.9 Å². The molecule has 0 heterocycles. The second kappa shape index (κ2) is 7.58. The lowest BCUT2D eigenvalue weighted by molar-refractivity contribution is -0.125. The van der Waals surface area contributed by atoms with Gasteiger partial charge in [0.1, 0.15) is 0 Å². The molecule has 0 saturated heterocycles. The minimum absolute atomic E-state index is 0.136. The molecule has 0 aliphatic carbocycles. The molecule has 0 N–H and O–H groups in total. The van der Waals surface area contributed by atoms with E-state index in [-0.39, 0.29) is 11.7 Å². The van der Waals surface area contributed by atoms with Crippen molar-refractivity contribution in [2.75, 3.05) is 14.2 Å². The van der Waals surface area contributed by atoms with E-state index in [0.29, 0.717) is 12.1 Å². The van der Waals surface area contributed by atoms with E-state index in [1.54, 1.807) is 25.3 Å². The Balaban J connectivity index is 2.01. The van der Waals surface area contributed by atoms with Crippen molar-refractivity contribution in [2.45, 2.75) is 13.5 Å². The number of carbonyl (C=O) groups excluding carboxylic acids is 1. The standard InChI is InChI=1S/C19H20FNO2/c1-14-5-4-6-15(11-14)8-10-19(22)21(2)13-16-7-9-18(23-3)17(20)12-16/h4-12H,13H2,1-3H3/b10-8+. The van der Waals surface area contributed by atoms with E-state index in [0.717, 1.165) is 11.1 Å². The SMILES string of the molecule is COc1ccc(CN(C)C(=O)/C=C/c2cccc(C)c2)cc1F. The quantitative estimate of drug-likeness (QED) is 0.786. The molecule has 23 heavy (non-hydrogen) atoms.